The zero-order valence-corrected chi connectivity index (χ0v) is 10.9. The van der Waals surface area contributed by atoms with Crippen LogP contribution in [0.15, 0.2) is 24.5 Å². The first-order chi connectivity index (χ1) is 8.23. The molecule has 4 nitrogen and oxygen atoms in total. The SMILES string of the molecule is CCC(CC)(CCl)Nc1ccn2nccc2n1. The average Bonchev–Trinajstić information content (AvgIpc) is 2.83. The number of hydrogen-bond acceptors (Lipinski definition) is 3. The minimum Gasteiger partial charge on any atom is -0.363 e. The second-order valence-electron chi connectivity index (χ2n) is 4.19. The van der Waals surface area contributed by atoms with Gasteiger partial charge in [-0.2, -0.15) is 5.10 Å². The summed E-state index contributed by atoms with van der Waals surface area (Å²) in [5, 5.41) is 7.56. The number of hydrogen-bond donors (Lipinski definition) is 1. The Labute approximate surface area is 106 Å². The molecule has 0 aliphatic rings. The van der Waals surface area contributed by atoms with Crippen molar-refractivity contribution in [2.45, 2.75) is 32.2 Å². The molecule has 0 amide bonds. The molecule has 2 aromatic rings. The Kier molecular flexibility index (Phi) is 3.52. The van der Waals surface area contributed by atoms with Crippen LogP contribution in [0.2, 0.25) is 0 Å². The van der Waals surface area contributed by atoms with Gasteiger partial charge < -0.3 is 5.32 Å². The van der Waals surface area contributed by atoms with Crippen LogP contribution in [0, 0.1) is 0 Å². The summed E-state index contributed by atoms with van der Waals surface area (Å²) in [4.78, 5) is 4.49. The van der Waals surface area contributed by atoms with Gasteiger partial charge >= 0.3 is 0 Å². The van der Waals surface area contributed by atoms with Gasteiger partial charge in [0.25, 0.3) is 0 Å². The van der Waals surface area contributed by atoms with Gasteiger partial charge in [0.15, 0.2) is 5.65 Å². The van der Waals surface area contributed by atoms with E-state index < -0.39 is 0 Å². The van der Waals surface area contributed by atoms with Crippen molar-refractivity contribution in [2.75, 3.05) is 11.2 Å². The van der Waals surface area contributed by atoms with Gasteiger partial charge in [0.1, 0.15) is 5.82 Å². The van der Waals surface area contributed by atoms with Crippen molar-refractivity contribution >= 4 is 23.1 Å². The van der Waals surface area contributed by atoms with Gasteiger partial charge in [0, 0.05) is 18.1 Å². The predicted octanol–water partition coefficient (Wildman–Crippen LogP) is 2.94. The van der Waals surface area contributed by atoms with E-state index in [1.165, 1.54) is 0 Å². The lowest BCUT2D eigenvalue weighted by Gasteiger charge is -2.31. The van der Waals surface area contributed by atoms with Crippen molar-refractivity contribution < 1.29 is 0 Å². The number of halogens is 1. The number of nitrogens with one attached hydrogen (secondary N) is 1. The van der Waals surface area contributed by atoms with Crippen molar-refractivity contribution in [1.29, 1.82) is 0 Å². The number of anilines is 1. The zero-order valence-electron chi connectivity index (χ0n) is 10.2. The van der Waals surface area contributed by atoms with E-state index in [0.717, 1.165) is 24.3 Å². The van der Waals surface area contributed by atoms with E-state index >= 15 is 0 Å². The molecule has 0 unspecified atom stereocenters. The quantitative estimate of drug-likeness (QED) is 0.832. The summed E-state index contributed by atoms with van der Waals surface area (Å²) in [5.74, 6) is 1.42. The molecule has 1 N–H and O–H groups in total. The fourth-order valence-corrected chi connectivity index (χ4v) is 2.25. The van der Waals surface area contributed by atoms with Crippen LogP contribution in [-0.2, 0) is 0 Å². The molecule has 0 saturated carbocycles. The third kappa shape index (κ3) is 2.36. The number of rotatable bonds is 5. The lowest BCUT2D eigenvalue weighted by Crippen LogP contribution is -2.39. The first kappa shape index (κ1) is 12.2. The van der Waals surface area contributed by atoms with E-state index in [-0.39, 0.29) is 5.54 Å². The molecule has 0 aliphatic heterocycles. The molecular formula is C12H17ClN4. The van der Waals surface area contributed by atoms with Gasteiger partial charge in [0.2, 0.25) is 0 Å². The normalized spacial score (nSPS) is 11.9. The summed E-state index contributed by atoms with van der Waals surface area (Å²) in [6.07, 6.45) is 5.58. The van der Waals surface area contributed by atoms with Gasteiger partial charge in [-0.05, 0) is 18.9 Å². The Bertz CT molecular complexity index is 482. The van der Waals surface area contributed by atoms with Crippen LogP contribution in [0.1, 0.15) is 26.7 Å². The van der Waals surface area contributed by atoms with Crippen molar-refractivity contribution in [3.05, 3.63) is 24.5 Å². The van der Waals surface area contributed by atoms with Crippen LogP contribution < -0.4 is 5.32 Å². The maximum Gasteiger partial charge on any atom is 0.157 e. The smallest absolute Gasteiger partial charge is 0.157 e. The third-order valence-corrected chi connectivity index (χ3v) is 3.77. The molecule has 0 aliphatic carbocycles. The van der Waals surface area contributed by atoms with Crippen LogP contribution in [0.4, 0.5) is 5.82 Å². The van der Waals surface area contributed by atoms with Crippen molar-refractivity contribution in [3.8, 4) is 0 Å². The molecule has 2 aromatic heterocycles. The predicted molar refractivity (Wildman–Crippen MR) is 70.6 cm³/mol. The zero-order chi connectivity index (χ0) is 12.3. The standard InChI is InChI=1S/C12H17ClN4/c1-3-12(4-2,9-13)16-10-6-8-17-11(15-10)5-7-14-17/h5-8H,3-4,9H2,1-2H3,(H,15,16). The van der Waals surface area contributed by atoms with E-state index in [9.17, 15) is 0 Å². The first-order valence-electron chi connectivity index (χ1n) is 5.87. The molecule has 92 valence electrons. The highest BCUT2D eigenvalue weighted by Gasteiger charge is 2.25. The molecule has 0 bridgehead atoms. The molecule has 0 aromatic carbocycles. The van der Waals surface area contributed by atoms with Gasteiger partial charge in [-0.3, -0.25) is 0 Å². The summed E-state index contributed by atoms with van der Waals surface area (Å²) in [7, 11) is 0. The van der Waals surface area contributed by atoms with E-state index in [0.29, 0.717) is 5.88 Å². The molecule has 0 spiro atoms. The molecule has 0 radical (unpaired) electrons. The minimum absolute atomic E-state index is 0.0765. The Hall–Kier alpha value is -1.29. The van der Waals surface area contributed by atoms with Crippen LogP contribution >= 0.6 is 11.6 Å². The largest absolute Gasteiger partial charge is 0.363 e. The van der Waals surface area contributed by atoms with E-state index in [2.05, 4.69) is 29.2 Å². The van der Waals surface area contributed by atoms with Crippen LogP contribution in [0.3, 0.4) is 0 Å². The Morgan fingerprint density at radius 1 is 1.35 bits per heavy atom. The van der Waals surface area contributed by atoms with E-state index in [4.69, 9.17) is 11.6 Å². The second-order valence-corrected chi connectivity index (χ2v) is 4.46. The molecule has 17 heavy (non-hydrogen) atoms. The monoisotopic (exact) mass is 252 g/mol. The summed E-state index contributed by atoms with van der Waals surface area (Å²) in [5.41, 5.74) is 0.762. The van der Waals surface area contributed by atoms with E-state index in [1.807, 2.05) is 18.3 Å². The van der Waals surface area contributed by atoms with E-state index in [1.54, 1.807) is 10.7 Å². The summed E-state index contributed by atoms with van der Waals surface area (Å²) in [6.45, 7) is 4.27. The van der Waals surface area contributed by atoms with Crippen LogP contribution in [0.25, 0.3) is 5.65 Å². The van der Waals surface area contributed by atoms with Gasteiger partial charge in [-0.25, -0.2) is 9.50 Å². The lowest BCUT2D eigenvalue weighted by atomic mass is 9.95. The number of alkyl halides is 1. The van der Waals surface area contributed by atoms with Crippen molar-refractivity contribution in [1.82, 2.24) is 14.6 Å². The maximum atomic E-state index is 6.06. The lowest BCUT2D eigenvalue weighted by molar-refractivity contribution is 0.482. The number of aromatic nitrogens is 3. The van der Waals surface area contributed by atoms with Crippen molar-refractivity contribution in [3.63, 3.8) is 0 Å². The second kappa shape index (κ2) is 4.92. The Morgan fingerprint density at radius 2 is 2.12 bits per heavy atom. The Balaban J connectivity index is 2.27. The van der Waals surface area contributed by atoms with Gasteiger partial charge in [0.05, 0.1) is 11.7 Å². The summed E-state index contributed by atoms with van der Waals surface area (Å²) >= 11 is 6.06. The molecule has 2 rings (SSSR count). The Morgan fingerprint density at radius 3 is 2.76 bits per heavy atom. The maximum absolute atomic E-state index is 6.06. The molecule has 0 atom stereocenters. The third-order valence-electron chi connectivity index (χ3n) is 3.26. The highest BCUT2D eigenvalue weighted by atomic mass is 35.5. The molecule has 2 heterocycles. The summed E-state index contributed by atoms with van der Waals surface area (Å²) < 4.78 is 1.74. The molecule has 0 fully saturated rings. The van der Waals surface area contributed by atoms with Crippen LogP contribution in [0.5, 0.6) is 0 Å². The molecule has 0 saturated heterocycles. The fraction of sp³-hybridized carbons (Fsp3) is 0.500. The van der Waals surface area contributed by atoms with Crippen LogP contribution in [-0.4, -0.2) is 26.0 Å². The fourth-order valence-electron chi connectivity index (χ4n) is 1.80. The number of nitrogens with zero attached hydrogens (tertiary/aromatic N) is 3. The van der Waals surface area contributed by atoms with Gasteiger partial charge in [-0.1, -0.05) is 13.8 Å². The summed E-state index contributed by atoms with van der Waals surface area (Å²) in [6, 6.07) is 3.80. The highest BCUT2D eigenvalue weighted by molar-refractivity contribution is 6.18. The average molecular weight is 253 g/mol. The number of fused-ring (bicyclic) bond motifs is 1. The topological polar surface area (TPSA) is 42.2 Å². The van der Waals surface area contributed by atoms with Crippen molar-refractivity contribution in [2.24, 2.45) is 0 Å². The highest BCUT2D eigenvalue weighted by Crippen LogP contribution is 2.22. The van der Waals surface area contributed by atoms with Gasteiger partial charge in [-0.15, -0.1) is 11.6 Å². The molecular weight excluding hydrogens is 236 g/mol. The molecule has 5 heteroatoms. The minimum atomic E-state index is -0.0765. The first-order valence-corrected chi connectivity index (χ1v) is 6.41.